The lowest BCUT2D eigenvalue weighted by Crippen LogP contribution is -2.56. The highest BCUT2D eigenvalue weighted by molar-refractivity contribution is 5.98. The van der Waals surface area contributed by atoms with Crippen LogP contribution in [0.2, 0.25) is 0 Å². The third-order valence-electron chi connectivity index (χ3n) is 4.31. The summed E-state index contributed by atoms with van der Waals surface area (Å²) < 4.78 is 5.20. The Morgan fingerprint density at radius 2 is 1.88 bits per heavy atom. The third kappa shape index (κ3) is 5.66. The lowest BCUT2D eigenvalue weighted by atomic mass is 9.87. The topological polar surface area (TPSA) is 84.5 Å². The Labute approximate surface area is 154 Å². The Kier molecular flexibility index (Phi) is 6.53. The minimum absolute atomic E-state index is 0.00952. The maximum atomic E-state index is 12.8. The zero-order valence-corrected chi connectivity index (χ0v) is 15.9. The second kappa shape index (κ2) is 8.45. The number of rotatable bonds is 5. The van der Waals surface area contributed by atoms with Gasteiger partial charge in [-0.2, -0.15) is 0 Å². The maximum Gasteiger partial charge on any atom is 0.251 e. The van der Waals surface area contributed by atoms with Gasteiger partial charge in [0, 0.05) is 11.5 Å². The second-order valence-electron chi connectivity index (χ2n) is 8.10. The number of benzene rings is 1. The Balaban J connectivity index is 2.11. The molecule has 0 bridgehead atoms. The highest BCUT2D eigenvalue weighted by Gasteiger charge is 2.34. The van der Waals surface area contributed by atoms with Gasteiger partial charge >= 0.3 is 0 Å². The molecule has 1 fully saturated rings. The van der Waals surface area contributed by atoms with Crippen LogP contribution >= 0.6 is 0 Å². The van der Waals surface area contributed by atoms with E-state index in [-0.39, 0.29) is 35.5 Å². The van der Waals surface area contributed by atoms with Crippen molar-refractivity contribution in [2.75, 3.05) is 13.2 Å². The molecule has 1 heterocycles. The average Bonchev–Trinajstić information content (AvgIpc) is 2.57. The maximum absolute atomic E-state index is 12.8. The van der Waals surface area contributed by atoms with Crippen molar-refractivity contribution in [2.45, 2.75) is 46.2 Å². The fraction of sp³-hybridized carbons (Fsp3) is 0.550. The van der Waals surface area contributed by atoms with E-state index in [0.717, 1.165) is 0 Å². The van der Waals surface area contributed by atoms with Gasteiger partial charge in [-0.1, -0.05) is 45.9 Å². The normalized spacial score (nSPS) is 21.8. The minimum atomic E-state index is -0.717. The summed E-state index contributed by atoms with van der Waals surface area (Å²) in [5, 5.41) is 5.63. The molecule has 2 rings (SSSR count). The SMILES string of the molecule is CC1COCC(=O)C1NC(=O)C(CC(C)(C)C)NC(=O)c1ccccc1. The first-order chi connectivity index (χ1) is 12.2. The molecule has 1 aromatic carbocycles. The van der Waals surface area contributed by atoms with E-state index in [0.29, 0.717) is 18.6 Å². The first-order valence-electron chi connectivity index (χ1n) is 8.94. The van der Waals surface area contributed by atoms with Crippen molar-refractivity contribution < 1.29 is 19.1 Å². The van der Waals surface area contributed by atoms with Gasteiger partial charge in [0.25, 0.3) is 5.91 Å². The van der Waals surface area contributed by atoms with Crippen LogP contribution in [0.1, 0.15) is 44.5 Å². The Morgan fingerprint density at radius 3 is 2.46 bits per heavy atom. The second-order valence-corrected chi connectivity index (χ2v) is 8.10. The summed E-state index contributed by atoms with van der Waals surface area (Å²) in [6.45, 7) is 8.31. The van der Waals surface area contributed by atoms with E-state index in [9.17, 15) is 14.4 Å². The van der Waals surface area contributed by atoms with Crippen LogP contribution in [0.15, 0.2) is 30.3 Å². The number of hydrogen-bond acceptors (Lipinski definition) is 4. The van der Waals surface area contributed by atoms with Gasteiger partial charge in [-0.15, -0.1) is 0 Å². The van der Waals surface area contributed by atoms with Gasteiger partial charge in [0.1, 0.15) is 12.6 Å². The van der Waals surface area contributed by atoms with E-state index < -0.39 is 12.1 Å². The van der Waals surface area contributed by atoms with E-state index in [1.165, 1.54) is 0 Å². The van der Waals surface area contributed by atoms with Crippen LogP contribution in [0.4, 0.5) is 0 Å². The molecular weight excluding hydrogens is 332 g/mol. The summed E-state index contributed by atoms with van der Waals surface area (Å²) in [4.78, 5) is 37.4. The number of amides is 2. The molecule has 142 valence electrons. The van der Waals surface area contributed by atoms with Gasteiger partial charge in [0.15, 0.2) is 5.78 Å². The largest absolute Gasteiger partial charge is 0.373 e. The van der Waals surface area contributed by atoms with Gasteiger partial charge in [0.2, 0.25) is 5.91 Å². The van der Waals surface area contributed by atoms with Gasteiger partial charge in [-0.3, -0.25) is 14.4 Å². The van der Waals surface area contributed by atoms with Gasteiger partial charge in [-0.05, 0) is 24.0 Å². The summed E-state index contributed by atoms with van der Waals surface area (Å²) >= 11 is 0. The Bertz CT molecular complexity index is 652. The Morgan fingerprint density at radius 1 is 1.23 bits per heavy atom. The highest BCUT2D eigenvalue weighted by Crippen LogP contribution is 2.22. The predicted molar refractivity (Wildman–Crippen MR) is 98.7 cm³/mol. The Hall–Kier alpha value is -2.21. The van der Waals surface area contributed by atoms with Crippen molar-refractivity contribution in [2.24, 2.45) is 11.3 Å². The first kappa shape index (κ1) is 20.1. The summed E-state index contributed by atoms with van der Waals surface area (Å²) in [5.41, 5.74) is 0.326. The zero-order valence-electron chi connectivity index (χ0n) is 15.9. The van der Waals surface area contributed by atoms with Crippen molar-refractivity contribution in [1.82, 2.24) is 10.6 Å². The highest BCUT2D eigenvalue weighted by atomic mass is 16.5. The van der Waals surface area contributed by atoms with E-state index in [1.807, 2.05) is 33.8 Å². The fourth-order valence-electron chi connectivity index (χ4n) is 2.98. The summed E-state index contributed by atoms with van der Waals surface area (Å²) in [6.07, 6.45) is 0.462. The third-order valence-corrected chi connectivity index (χ3v) is 4.31. The standard InChI is InChI=1S/C20H28N2O4/c1-13-11-26-12-16(23)17(13)22-19(25)15(10-20(2,3)4)21-18(24)14-8-6-5-7-9-14/h5-9,13,15,17H,10-12H2,1-4H3,(H,21,24)(H,22,25). The van der Waals surface area contributed by atoms with Crippen molar-refractivity contribution in [3.63, 3.8) is 0 Å². The fourth-order valence-corrected chi connectivity index (χ4v) is 2.98. The van der Waals surface area contributed by atoms with Crippen LogP contribution < -0.4 is 10.6 Å². The molecule has 0 spiro atoms. The number of carbonyl (C=O) groups excluding carboxylic acids is 3. The molecule has 26 heavy (non-hydrogen) atoms. The van der Waals surface area contributed by atoms with Gasteiger partial charge in [0.05, 0.1) is 12.6 Å². The molecule has 6 nitrogen and oxygen atoms in total. The molecular formula is C20H28N2O4. The first-order valence-corrected chi connectivity index (χ1v) is 8.94. The van der Waals surface area contributed by atoms with Crippen molar-refractivity contribution in [3.8, 4) is 0 Å². The molecule has 1 saturated heterocycles. The molecule has 0 radical (unpaired) electrons. The number of nitrogens with one attached hydrogen (secondary N) is 2. The molecule has 6 heteroatoms. The molecule has 3 unspecified atom stereocenters. The van der Waals surface area contributed by atoms with Crippen LogP contribution in [0, 0.1) is 11.3 Å². The lowest BCUT2D eigenvalue weighted by Gasteiger charge is -2.31. The quantitative estimate of drug-likeness (QED) is 0.840. The van der Waals surface area contributed by atoms with Crippen LogP contribution in [-0.4, -0.2) is 42.9 Å². The monoisotopic (exact) mass is 360 g/mol. The van der Waals surface area contributed by atoms with Crippen molar-refractivity contribution in [3.05, 3.63) is 35.9 Å². The van der Waals surface area contributed by atoms with Crippen molar-refractivity contribution >= 4 is 17.6 Å². The van der Waals surface area contributed by atoms with Crippen LogP contribution in [0.25, 0.3) is 0 Å². The summed E-state index contributed by atoms with van der Waals surface area (Å²) in [7, 11) is 0. The number of hydrogen-bond donors (Lipinski definition) is 2. The summed E-state index contributed by atoms with van der Waals surface area (Å²) in [6, 6.07) is 7.48. The van der Waals surface area contributed by atoms with Crippen LogP contribution in [0.5, 0.6) is 0 Å². The zero-order chi connectivity index (χ0) is 19.3. The smallest absolute Gasteiger partial charge is 0.251 e. The molecule has 2 amide bonds. The number of ether oxygens (including phenoxy) is 1. The van der Waals surface area contributed by atoms with E-state index in [1.54, 1.807) is 24.3 Å². The van der Waals surface area contributed by atoms with E-state index in [4.69, 9.17) is 4.74 Å². The van der Waals surface area contributed by atoms with Crippen molar-refractivity contribution in [1.29, 1.82) is 0 Å². The lowest BCUT2D eigenvalue weighted by molar-refractivity contribution is -0.137. The molecule has 0 aromatic heterocycles. The number of Topliss-reactive ketones (excluding diaryl/α,β-unsaturated/α-hetero) is 1. The van der Waals surface area contributed by atoms with Crippen LogP contribution in [0.3, 0.4) is 0 Å². The molecule has 1 aromatic rings. The number of ketones is 1. The molecule has 0 saturated carbocycles. The van der Waals surface area contributed by atoms with Gasteiger partial charge in [-0.25, -0.2) is 0 Å². The molecule has 1 aliphatic heterocycles. The van der Waals surface area contributed by atoms with Gasteiger partial charge < -0.3 is 15.4 Å². The number of carbonyl (C=O) groups is 3. The molecule has 1 aliphatic rings. The van der Waals surface area contributed by atoms with Crippen LogP contribution in [-0.2, 0) is 14.3 Å². The molecule has 0 aliphatic carbocycles. The van der Waals surface area contributed by atoms with E-state index >= 15 is 0 Å². The predicted octanol–water partition coefficient (Wildman–Crippen LogP) is 1.94. The molecule has 3 atom stereocenters. The average molecular weight is 360 g/mol. The minimum Gasteiger partial charge on any atom is -0.373 e. The van der Waals surface area contributed by atoms with E-state index in [2.05, 4.69) is 10.6 Å². The molecule has 2 N–H and O–H groups in total. The summed E-state index contributed by atoms with van der Waals surface area (Å²) in [5.74, 6) is -0.876.